The lowest BCUT2D eigenvalue weighted by Crippen LogP contribution is -2.49. The van der Waals surface area contributed by atoms with Gasteiger partial charge in [0.05, 0.1) is 0 Å². The first-order valence-corrected chi connectivity index (χ1v) is 5.78. The van der Waals surface area contributed by atoms with E-state index in [1.165, 1.54) is 0 Å². The molecule has 0 radical (unpaired) electrons. The first-order valence-electron chi connectivity index (χ1n) is 5.78. The summed E-state index contributed by atoms with van der Waals surface area (Å²) < 4.78 is 4.79. The number of halogens is 1. The monoisotopic (exact) mass is 308 g/mol. The Morgan fingerprint density at radius 2 is 1.94 bits per heavy atom. The lowest BCUT2D eigenvalue weighted by Gasteiger charge is -2.21. The fourth-order valence-electron chi connectivity index (χ4n) is 1.88. The van der Waals surface area contributed by atoms with Crippen LogP contribution in [0.4, 0.5) is 0 Å². The summed E-state index contributed by atoms with van der Waals surface area (Å²) in [7, 11) is 0. The molecule has 100 valence electrons. The van der Waals surface area contributed by atoms with E-state index in [-0.39, 0.29) is 17.0 Å². The lowest BCUT2D eigenvalue weighted by atomic mass is 10.00. The first-order chi connectivity index (χ1) is 7.49. The molecular formula is C11H21BrN2O3. The molecule has 0 unspecified atom stereocenters. The number of esters is 2. The molecule has 1 atom stereocenters. The smallest absolute Gasteiger partial charge is 0.333 e. The molecule has 0 heterocycles. The van der Waals surface area contributed by atoms with Gasteiger partial charge in [0.15, 0.2) is 0 Å². The van der Waals surface area contributed by atoms with Gasteiger partial charge in [0.1, 0.15) is 11.6 Å². The molecule has 0 aromatic rings. The Morgan fingerprint density at radius 3 is 2.41 bits per heavy atom. The van der Waals surface area contributed by atoms with Gasteiger partial charge in [-0.3, -0.25) is 0 Å². The Balaban J connectivity index is 0.00000256. The second-order valence-electron chi connectivity index (χ2n) is 4.35. The number of likely N-dealkylation sites (N-methyl/N-ethyl adjacent to an activating group) is 1. The van der Waals surface area contributed by atoms with Gasteiger partial charge in [-0.25, -0.2) is 9.59 Å². The largest absolute Gasteiger partial charge is 0.391 e. The highest BCUT2D eigenvalue weighted by Crippen LogP contribution is 2.28. The van der Waals surface area contributed by atoms with Crippen LogP contribution in [0.1, 0.15) is 39.5 Å². The number of carbonyl (C=O) groups excluding carboxylic acids is 2. The van der Waals surface area contributed by atoms with E-state index in [4.69, 9.17) is 10.5 Å². The van der Waals surface area contributed by atoms with Crippen molar-refractivity contribution in [3.8, 4) is 0 Å². The molecule has 0 aromatic carbocycles. The maximum Gasteiger partial charge on any atom is 0.333 e. The van der Waals surface area contributed by atoms with Gasteiger partial charge >= 0.3 is 11.9 Å². The van der Waals surface area contributed by atoms with Gasteiger partial charge in [-0.15, -0.1) is 17.0 Å². The fraction of sp³-hybridized carbons (Fsp3) is 0.818. The Morgan fingerprint density at radius 1 is 1.41 bits per heavy atom. The average Bonchev–Trinajstić information content (AvgIpc) is 2.66. The summed E-state index contributed by atoms with van der Waals surface area (Å²) in [6.07, 6.45) is 3.05. The fourth-order valence-corrected chi connectivity index (χ4v) is 1.88. The molecule has 5 nitrogen and oxygen atoms in total. The quantitative estimate of drug-likeness (QED) is 0.596. The van der Waals surface area contributed by atoms with Gasteiger partial charge < -0.3 is 15.8 Å². The van der Waals surface area contributed by atoms with Crippen molar-refractivity contribution in [1.29, 1.82) is 0 Å². The van der Waals surface area contributed by atoms with Gasteiger partial charge in [0.2, 0.25) is 0 Å². The SMILES string of the molecule is Br.CCN[C@@H](C)C(=O)OC(=O)C1(N)CCCC1. The number of carbonyl (C=O) groups is 2. The Bertz CT molecular complexity index is 278. The third-order valence-corrected chi connectivity index (χ3v) is 2.96. The zero-order valence-electron chi connectivity index (χ0n) is 10.3. The molecule has 0 saturated heterocycles. The highest BCUT2D eigenvalue weighted by Gasteiger charge is 2.40. The third-order valence-electron chi connectivity index (χ3n) is 2.96. The minimum atomic E-state index is -0.943. The average molecular weight is 309 g/mol. The summed E-state index contributed by atoms with van der Waals surface area (Å²) in [5, 5.41) is 2.89. The topological polar surface area (TPSA) is 81.4 Å². The van der Waals surface area contributed by atoms with Crippen LogP contribution >= 0.6 is 17.0 Å². The first kappa shape index (κ1) is 16.5. The molecule has 0 bridgehead atoms. The Kier molecular flexibility index (Phi) is 6.89. The zero-order chi connectivity index (χ0) is 12.2. The molecule has 1 fully saturated rings. The van der Waals surface area contributed by atoms with Crippen LogP contribution in [-0.4, -0.2) is 30.1 Å². The van der Waals surface area contributed by atoms with E-state index >= 15 is 0 Å². The molecule has 17 heavy (non-hydrogen) atoms. The Labute approximate surface area is 112 Å². The second kappa shape index (κ2) is 7.08. The minimum Gasteiger partial charge on any atom is -0.391 e. The van der Waals surface area contributed by atoms with Crippen LogP contribution in [0.2, 0.25) is 0 Å². The predicted octanol–water partition coefficient (Wildman–Crippen LogP) is 0.904. The molecule has 1 saturated carbocycles. The van der Waals surface area contributed by atoms with Crippen molar-refractivity contribution in [2.75, 3.05) is 6.54 Å². The maximum atomic E-state index is 11.7. The number of hydrogen-bond acceptors (Lipinski definition) is 5. The van der Waals surface area contributed by atoms with Crippen LogP contribution in [0.3, 0.4) is 0 Å². The molecule has 0 aromatic heterocycles. The van der Waals surface area contributed by atoms with Gasteiger partial charge in [-0.1, -0.05) is 19.8 Å². The summed E-state index contributed by atoms with van der Waals surface area (Å²) in [5.74, 6) is -1.14. The van der Waals surface area contributed by atoms with Crippen molar-refractivity contribution in [2.24, 2.45) is 5.73 Å². The molecule has 0 spiro atoms. The van der Waals surface area contributed by atoms with E-state index < -0.39 is 23.5 Å². The number of nitrogens with one attached hydrogen (secondary N) is 1. The number of nitrogens with two attached hydrogens (primary N) is 1. The summed E-state index contributed by atoms with van der Waals surface area (Å²) in [6.45, 7) is 4.20. The van der Waals surface area contributed by atoms with E-state index in [9.17, 15) is 9.59 Å². The highest BCUT2D eigenvalue weighted by atomic mass is 79.9. The van der Waals surface area contributed by atoms with E-state index in [2.05, 4.69) is 5.32 Å². The summed E-state index contributed by atoms with van der Waals surface area (Å²) in [4.78, 5) is 23.2. The molecule has 1 aliphatic rings. The third kappa shape index (κ3) is 4.37. The van der Waals surface area contributed by atoms with E-state index in [0.717, 1.165) is 12.8 Å². The van der Waals surface area contributed by atoms with Crippen molar-refractivity contribution in [3.63, 3.8) is 0 Å². The maximum absolute atomic E-state index is 11.7. The number of ether oxygens (including phenoxy) is 1. The molecule has 1 aliphatic carbocycles. The minimum absolute atomic E-state index is 0. The summed E-state index contributed by atoms with van der Waals surface area (Å²) in [6, 6.07) is -0.473. The van der Waals surface area contributed by atoms with Crippen LogP contribution in [0.25, 0.3) is 0 Å². The van der Waals surface area contributed by atoms with Crippen molar-refractivity contribution < 1.29 is 14.3 Å². The van der Waals surface area contributed by atoms with Crippen LogP contribution < -0.4 is 11.1 Å². The van der Waals surface area contributed by atoms with Crippen molar-refractivity contribution >= 4 is 28.9 Å². The van der Waals surface area contributed by atoms with Crippen LogP contribution in [0.15, 0.2) is 0 Å². The second-order valence-corrected chi connectivity index (χ2v) is 4.35. The van der Waals surface area contributed by atoms with Gasteiger partial charge in [-0.05, 0) is 26.3 Å². The molecule has 6 heteroatoms. The normalized spacial score (nSPS) is 19.2. The van der Waals surface area contributed by atoms with Crippen LogP contribution in [0, 0.1) is 0 Å². The molecule has 3 N–H and O–H groups in total. The van der Waals surface area contributed by atoms with Crippen molar-refractivity contribution in [1.82, 2.24) is 5.32 Å². The zero-order valence-corrected chi connectivity index (χ0v) is 12.0. The van der Waals surface area contributed by atoms with Gasteiger partial charge in [0.25, 0.3) is 0 Å². The van der Waals surface area contributed by atoms with E-state index in [1.54, 1.807) is 6.92 Å². The van der Waals surface area contributed by atoms with Gasteiger partial charge in [0, 0.05) is 0 Å². The summed E-state index contributed by atoms with van der Waals surface area (Å²) in [5.41, 5.74) is 4.93. The van der Waals surface area contributed by atoms with Gasteiger partial charge in [-0.2, -0.15) is 0 Å². The van der Waals surface area contributed by atoms with E-state index in [0.29, 0.717) is 19.4 Å². The standard InChI is InChI=1S/C11H20N2O3.BrH/c1-3-13-8(2)9(14)16-10(15)11(12)6-4-5-7-11;/h8,13H,3-7,12H2,1-2H3;1H/t8-;/m0./s1. The molecule has 0 amide bonds. The van der Waals surface area contributed by atoms with Crippen molar-refractivity contribution in [2.45, 2.75) is 51.1 Å². The predicted molar refractivity (Wildman–Crippen MR) is 69.9 cm³/mol. The van der Waals surface area contributed by atoms with Crippen LogP contribution in [-0.2, 0) is 14.3 Å². The number of hydrogen-bond donors (Lipinski definition) is 2. The highest BCUT2D eigenvalue weighted by molar-refractivity contribution is 8.93. The number of rotatable bonds is 4. The lowest BCUT2D eigenvalue weighted by molar-refractivity contribution is -0.164. The molecule has 1 rings (SSSR count). The summed E-state index contributed by atoms with van der Waals surface area (Å²) >= 11 is 0. The van der Waals surface area contributed by atoms with Crippen molar-refractivity contribution in [3.05, 3.63) is 0 Å². The molecular weight excluding hydrogens is 288 g/mol. The molecule has 0 aliphatic heterocycles. The van der Waals surface area contributed by atoms with E-state index in [1.807, 2.05) is 6.92 Å². The Hall–Kier alpha value is -0.460. The van der Waals surface area contributed by atoms with Crippen LogP contribution in [0.5, 0.6) is 0 Å².